The third kappa shape index (κ3) is 3.29. The van der Waals surface area contributed by atoms with Gasteiger partial charge in [0.1, 0.15) is 18.5 Å². The van der Waals surface area contributed by atoms with Crippen molar-refractivity contribution < 1.29 is 9.84 Å². The molecule has 0 spiro atoms. The zero-order valence-corrected chi connectivity index (χ0v) is 9.71. The van der Waals surface area contributed by atoms with E-state index in [-0.39, 0.29) is 6.61 Å². The number of hydrogen-bond donors (Lipinski definition) is 1. The summed E-state index contributed by atoms with van der Waals surface area (Å²) in [6, 6.07) is 13.2. The first kappa shape index (κ1) is 11.6. The standard InChI is InChI=1S/C14H15NO2/c1-11-5-7-12(8-6-11)17-10-14(16)13-4-2-3-9-15-13/h2-9,14,16H,10H2,1H3/t14-/m0/s1. The minimum atomic E-state index is -0.697. The predicted octanol–water partition coefficient (Wildman–Crippen LogP) is 2.50. The fourth-order valence-corrected chi connectivity index (χ4v) is 1.47. The number of hydrogen-bond acceptors (Lipinski definition) is 3. The average molecular weight is 229 g/mol. The highest BCUT2D eigenvalue weighted by atomic mass is 16.5. The molecule has 1 heterocycles. The minimum Gasteiger partial charge on any atom is -0.490 e. The van der Waals surface area contributed by atoms with E-state index in [1.54, 1.807) is 12.3 Å². The molecular weight excluding hydrogens is 214 g/mol. The largest absolute Gasteiger partial charge is 0.490 e. The van der Waals surface area contributed by atoms with E-state index in [0.29, 0.717) is 5.69 Å². The Hall–Kier alpha value is -1.87. The Labute approximate surface area is 101 Å². The highest BCUT2D eigenvalue weighted by molar-refractivity contribution is 5.26. The summed E-state index contributed by atoms with van der Waals surface area (Å²) in [6.45, 7) is 2.23. The van der Waals surface area contributed by atoms with E-state index < -0.39 is 6.10 Å². The number of ether oxygens (including phenoxy) is 1. The molecule has 1 aromatic heterocycles. The molecule has 1 aromatic carbocycles. The predicted molar refractivity (Wildman–Crippen MR) is 65.9 cm³/mol. The van der Waals surface area contributed by atoms with Crippen molar-refractivity contribution in [2.45, 2.75) is 13.0 Å². The van der Waals surface area contributed by atoms with Gasteiger partial charge < -0.3 is 9.84 Å². The molecule has 3 heteroatoms. The van der Waals surface area contributed by atoms with E-state index in [4.69, 9.17) is 4.74 Å². The maximum atomic E-state index is 9.85. The van der Waals surface area contributed by atoms with Crippen LogP contribution in [-0.2, 0) is 0 Å². The summed E-state index contributed by atoms with van der Waals surface area (Å²) in [4.78, 5) is 4.08. The molecule has 3 nitrogen and oxygen atoms in total. The highest BCUT2D eigenvalue weighted by Crippen LogP contribution is 2.15. The van der Waals surface area contributed by atoms with Crippen molar-refractivity contribution in [2.24, 2.45) is 0 Å². The number of aryl methyl sites for hydroxylation is 1. The lowest BCUT2D eigenvalue weighted by molar-refractivity contribution is 0.104. The molecule has 2 aromatic rings. The summed E-state index contributed by atoms with van der Waals surface area (Å²) in [5, 5.41) is 9.85. The fraction of sp³-hybridized carbons (Fsp3) is 0.214. The Bertz CT molecular complexity index is 453. The lowest BCUT2D eigenvalue weighted by Gasteiger charge is -2.11. The Morgan fingerprint density at radius 1 is 1.18 bits per heavy atom. The van der Waals surface area contributed by atoms with Crippen molar-refractivity contribution in [1.82, 2.24) is 4.98 Å². The number of aliphatic hydroxyl groups excluding tert-OH is 1. The number of benzene rings is 1. The number of nitrogens with zero attached hydrogens (tertiary/aromatic N) is 1. The van der Waals surface area contributed by atoms with Gasteiger partial charge in [-0.1, -0.05) is 23.8 Å². The molecule has 17 heavy (non-hydrogen) atoms. The van der Waals surface area contributed by atoms with Gasteiger partial charge in [-0.05, 0) is 31.2 Å². The SMILES string of the molecule is Cc1ccc(OC[C@H](O)c2ccccn2)cc1. The number of aliphatic hydroxyl groups is 1. The van der Waals surface area contributed by atoms with Gasteiger partial charge in [0.2, 0.25) is 0 Å². The van der Waals surface area contributed by atoms with Gasteiger partial charge in [0.25, 0.3) is 0 Å². The number of pyridine rings is 1. The summed E-state index contributed by atoms with van der Waals surface area (Å²) in [7, 11) is 0. The van der Waals surface area contributed by atoms with Gasteiger partial charge in [0, 0.05) is 6.20 Å². The van der Waals surface area contributed by atoms with Crippen molar-refractivity contribution >= 4 is 0 Å². The molecule has 0 unspecified atom stereocenters. The van der Waals surface area contributed by atoms with Crippen molar-refractivity contribution in [3.05, 3.63) is 59.9 Å². The first-order valence-electron chi connectivity index (χ1n) is 5.54. The van der Waals surface area contributed by atoms with Crippen LogP contribution >= 0.6 is 0 Å². The van der Waals surface area contributed by atoms with Crippen LogP contribution in [0.4, 0.5) is 0 Å². The minimum absolute atomic E-state index is 0.208. The Balaban J connectivity index is 1.92. The van der Waals surface area contributed by atoms with E-state index in [1.165, 1.54) is 5.56 Å². The van der Waals surface area contributed by atoms with Gasteiger partial charge in [-0.3, -0.25) is 4.98 Å². The molecule has 0 aliphatic carbocycles. The second-order valence-electron chi connectivity index (χ2n) is 3.89. The zero-order valence-electron chi connectivity index (χ0n) is 9.71. The smallest absolute Gasteiger partial charge is 0.130 e. The molecular formula is C14H15NO2. The van der Waals surface area contributed by atoms with Crippen LogP contribution in [-0.4, -0.2) is 16.7 Å². The van der Waals surface area contributed by atoms with Crippen molar-refractivity contribution in [3.63, 3.8) is 0 Å². The lowest BCUT2D eigenvalue weighted by Crippen LogP contribution is -2.10. The number of aromatic nitrogens is 1. The van der Waals surface area contributed by atoms with Gasteiger partial charge in [0.05, 0.1) is 5.69 Å². The van der Waals surface area contributed by atoms with Gasteiger partial charge in [-0.2, -0.15) is 0 Å². The number of rotatable bonds is 4. The van der Waals surface area contributed by atoms with Crippen molar-refractivity contribution in [1.29, 1.82) is 0 Å². The molecule has 0 aliphatic heterocycles. The Morgan fingerprint density at radius 3 is 2.59 bits per heavy atom. The van der Waals surface area contributed by atoms with Crippen molar-refractivity contribution in [3.8, 4) is 5.75 Å². The second-order valence-corrected chi connectivity index (χ2v) is 3.89. The third-order valence-corrected chi connectivity index (χ3v) is 2.46. The molecule has 0 saturated heterocycles. The van der Waals surface area contributed by atoms with Crippen LogP contribution in [0, 0.1) is 6.92 Å². The van der Waals surface area contributed by atoms with Crippen molar-refractivity contribution in [2.75, 3.05) is 6.61 Å². The van der Waals surface area contributed by atoms with E-state index in [0.717, 1.165) is 5.75 Å². The van der Waals surface area contributed by atoms with Crippen LogP contribution in [0.1, 0.15) is 17.4 Å². The molecule has 0 bridgehead atoms. The van der Waals surface area contributed by atoms with E-state index in [2.05, 4.69) is 4.98 Å². The van der Waals surface area contributed by atoms with Crippen LogP contribution < -0.4 is 4.74 Å². The quantitative estimate of drug-likeness (QED) is 0.875. The first-order chi connectivity index (χ1) is 8.25. The Morgan fingerprint density at radius 2 is 1.94 bits per heavy atom. The average Bonchev–Trinajstić information content (AvgIpc) is 2.39. The van der Waals surface area contributed by atoms with E-state index in [9.17, 15) is 5.11 Å². The van der Waals surface area contributed by atoms with E-state index >= 15 is 0 Å². The van der Waals surface area contributed by atoms with Gasteiger partial charge in [-0.15, -0.1) is 0 Å². The summed E-state index contributed by atoms with van der Waals surface area (Å²) < 4.78 is 5.49. The molecule has 1 atom stereocenters. The van der Waals surface area contributed by atoms with E-state index in [1.807, 2.05) is 43.3 Å². The molecule has 0 fully saturated rings. The molecule has 0 radical (unpaired) electrons. The molecule has 1 N–H and O–H groups in total. The normalized spacial score (nSPS) is 12.1. The monoisotopic (exact) mass is 229 g/mol. The van der Waals surface area contributed by atoms with Crippen LogP contribution in [0.2, 0.25) is 0 Å². The zero-order chi connectivity index (χ0) is 12.1. The summed E-state index contributed by atoms with van der Waals surface area (Å²) >= 11 is 0. The maximum absolute atomic E-state index is 9.85. The lowest BCUT2D eigenvalue weighted by atomic mass is 10.2. The summed E-state index contributed by atoms with van der Waals surface area (Å²) in [6.07, 6.45) is 0.960. The summed E-state index contributed by atoms with van der Waals surface area (Å²) in [5.41, 5.74) is 1.81. The second kappa shape index (κ2) is 5.46. The van der Waals surface area contributed by atoms with Crippen LogP contribution in [0.25, 0.3) is 0 Å². The van der Waals surface area contributed by atoms with Crippen LogP contribution in [0.15, 0.2) is 48.7 Å². The van der Waals surface area contributed by atoms with Crippen LogP contribution in [0.3, 0.4) is 0 Å². The molecule has 88 valence electrons. The third-order valence-electron chi connectivity index (χ3n) is 2.46. The Kier molecular flexibility index (Phi) is 3.73. The fourth-order valence-electron chi connectivity index (χ4n) is 1.47. The van der Waals surface area contributed by atoms with Gasteiger partial charge >= 0.3 is 0 Å². The maximum Gasteiger partial charge on any atom is 0.130 e. The topological polar surface area (TPSA) is 42.4 Å². The van der Waals surface area contributed by atoms with Crippen LogP contribution in [0.5, 0.6) is 5.75 Å². The molecule has 0 amide bonds. The van der Waals surface area contributed by atoms with Gasteiger partial charge in [-0.25, -0.2) is 0 Å². The summed E-state index contributed by atoms with van der Waals surface area (Å²) in [5.74, 6) is 0.755. The molecule has 0 aliphatic rings. The van der Waals surface area contributed by atoms with Gasteiger partial charge in [0.15, 0.2) is 0 Å². The molecule has 2 rings (SSSR count). The highest BCUT2D eigenvalue weighted by Gasteiger charge is 2.08. The first-order valence-corrected chi connectivity index (χ1v) is 5.54. The molecule has 0 saturated carbocycles.